The predicted octanol–water partition coefficient (Wildman–Crippen LogP) is 2.91. The van der Waals surface area contributed by atoms with Crippen molar-refractivity contribution < 1.29 is 4.74 Å². The Morgan fingerprint density at radius 2 is 2.21 bits per heavy atom. The van der Waals surface area contributed by atoms with Gasteiger partial charge in [-0.25, -0.2) is 0 Å². The Kier molecular flexibility index (Phi) is 5.08. The van der Waals surface area contributed by atoms with Gasteiger partial charge in [0.2, 0.25) is 0 Å². The van der Waals surface area contributed by atoms with E-state index in [0.717, 1.165) is 24.8 Å². The van der Waals surface area contributed by atoms with Crippen LogP contribution in [0.3, 0.4) is 0 Å². The lowest BCUT2D eigenvalue weighted by atomic mass is 10.0. The number of nitrogens with zero attached hydrogens (tertiary/aromatic N) is 1. The maximum Gasteiger partial charge on any atom is 0.120 e. The van der Waals surface area contributed by atoms with Gasteiger partial charge < -0.3 is 15.0 Å². The molecule has 1 saturated carbocycles. The van der Waals surface area contributed by atoms with Crippen LogP contribution in [0.1, 0.15) is 26.2 Å². The molecule has 3 nitrogen and oxygen atoms in total. The first-order chi connectivity index (χ1) is 9.24. The summed E-state index contributed by atoms with van der Waals surface area (Å²) in [6.07, 6.45) is 4.02. The zero-order valence-corrected chi connectivity index (χ0v) is 12.4. The SMILES string of the molecule is CCNC1CCCC1CN(C)c1cccc(OC)c1. The minimum Gasteiger partial charge on any atom is -0.497 e. The lowest BCUT2D eigenvalue weighted by Gasteiger charge is -2.27. The van der Waals surface area contributed by atoms with Gasteiger partial charge in [-0.15, -0.1) is 0 Å². The van der Waals surface area contributed by atoms with Crippen molar-refractivity contribution in [3.8, 4) is 5.75 Å². The molecule has 1 aromatic carbocycles. The number of ether oxygens (including phenoxy) is 1. The Labute approximate surface area is 116 Å². The second kappa shape index (κ2) is 6.80. The summed E-state index contributed by atoms with van der Waals surface area (Å²) in [5.74, 6) is 1.69. The van der Waals surface area contributed by atoms with Gasteiger partial charge in [0.05, 0.1) is 7.11 Å². The molecule has 0 radical (unpaired) electrons. The highest BCUT2D eigenvalue weighted by atomic mass is 16.5. The third kappa shape index (κ3) is 3.63. The Morgan fingerprint density at radius 1 is 1.37 bits per heavy atom. The Morgan fingerprint density at radius 3 is 2.95 bits per heavy atom. The van der Waals surface area contributed by atoms with Crippen molar-refractivity contribution in [3.05, 3.63) is 24.3 Å². The van der Waals surface area contributed by atoms with E-state index in [0.29, 0.717) is 6.04 Å². The van der Waals surface area contributed by atoms with Crippen LogP contribution < -0.4 is 15.0 Å². The van der Waals surface area contributed by atoms with Gasteiger partial charge in [0, 0.05) is 31.4 Å². The van der Waals surface area contributed by atoms with Crippen LogP contribution in [-0.4, -0.2) is 33.3 Å². The third-order valence-corrected chi connectivity index (χ3v) is 4.13. The molecular weight excluding hydrogens is 236 g/mol. The normalized spacial score (nSPS) is 22.5. The van der Waals surface area contributed by atoms with E-state index in [1.807, 2.05) is 6.07 Å². The lowest BCUT2D eigenvalue weighted by Crippen LogP contribution is -2.38. The first-order valence-electron chi connectivity index (χ1n) is 7.33. The monoisotopic (exact) mass is 262 g/mol. The van der Waals surface area contributed by atoms with E-state index >= 15 is 0 Å². The second-order valence-corrected chi connectivity index (χ2v) is 5.44. The number of nitrogens with one attached hydrogen (secondary N) is 1. The molecule has 106 valence electrons. The van der Waals surface area contributed by atoms with E-state index in [4.69, 9.17) is 4.74 Å². The molecule has 0 saturated heterocycles. The predicted molar refractivity (Wildman–Crippen MR) is 81.1 cm³/mol. The maximum atomic E-state index is 5.30. The molecule has 1 fully saturated rings. The molecule has 1 aliphatic rings. The number of rotatable bonds is 6. The van der Waals surface area contributed by atoms with Crippen molar-refractivity contribution >= 4 is 5.69 Å². The summed E-state index contributed by atoms with van der Waals surface area (Å²) in [5.41, 5.74) is 1.24. The number of anilines is 1. The Hall–Kier alpha value is -1.22. The summed E-state index contributed by atoms with van der Waals surface area (Å²) in [4.78, 5) is 2.35. The molecule has 0 aromatic heterocycles. The van der Waals surface area contributed by atoms with Crippen LogP contribution in [0.25, 0.3) is 0 Å². The zero-order valence-electron chi connectivity index (χ0n) is 12.4. The molecular formula is C16H26N2O. The average Bonchev–Trinajstić information content (AvgIpc) is 2.86. The van der Waals surface area contributed by atoms with Gasteiger partial charge in [-0.3, -0.25) is 0 Å². The highest BCUT2D eigenvalue weighted by Crippen LogP contribution is 2.28. The number of benzene rings is 1. The summed E-state index contributed by atoms with van der Waals surface area (Å²) in [7, 11) is 3.90. The van der Waals surface area contributed by atoms with E-state index < -0.39 is 0 Å². The molecule has 0 spiro atoms. The van der Waals surface area contributed by atoms with Crippen molar-refractivity contribution in [2.24, 2.45) is 5.92 Å². The van der Waals surface area contributed by atoms with Gasteiger partial charge in [-0.2, -0.15) is 0 Å². The van der Waals surface area contributed by atoms with Crippen LogP contribution >= 0.6 is 0 Å². The van der Waals surface area contributed by atoms with Crippen molar-refractivity contribution in [3.63, 3.8) is 0 Å². The molecule has 1 aliphatic carbocycles. The highest BCUT2D eigenvalue weighted by Gasteiger charge is 2.27. The summed E-state index contributed by atoms with van der Waals surface area (Å²) in [6, 6.07) is 9.00. The van der Waals surface area contributed by atoms with Crippen LogP contribution in [-0.2, 0) is 0 Å². The van der Waals surface area contributed by atoms with E-state index in [2.05, 4.69) is 42.4 Å². The minimum atomic E-state index is 0.693. The summed E-state index contributed by atoms with van der Waals surface area (Å²) in [5, 5.41) is 3.62. The van der Waals surface area contributed by atoms with Crippen LogP contribution in [0.5, 0.6) is 5.75 Å². The molecule has 0 heterocycles. The van der Waals surface area contributed by atoms with Crippen LogP contribution in [0.2, 0.25) is 0 Å². The molecule has 1 aromatic rings. The van der Waals surface area contributed by atoms with Crippen LogP contribution in [0, 0.1) is 5.92 Å². The Balaban J connectivity index is 1.97. The molecule has 2 atom stereocenters. The van der Waals surface area contributed by atoms with E-state index in [9.17, 15) is 0 Å². The van der Waals surface area contributed by atoms with E-state index in [1.165, 1.54) is 24.9 Å². The summed E-state index contributed by atoms with van der Waals surface area (Å²) < 4.78 is 5.30. The molecule has 2 rings (SSSR count). The summed E-state index contributed by atoms with van der Waals surface area (Å²) in [6.45, 7) is 4.38. The Bertz CT molecular complexity index is 394. The average molecular weight is 262 g/mol. The standard InChI is InChI=1S/C16H26N2O/c1-4-17-16-10-5-7-13(16)12-18(2)14-8-6-9-15(11-14)19-3/h6,8-9,11,13,16-17H,4-5,7,10,12H2,1-3H3. The molecule has 0 amide bonds. The number of hydrogen-bond donors (Lipinski definition) is 1. The van der Waals surface area contributed by atoms with Crippen molar-refractivity contribution in [2.45, 2.75) is 32.2 Å². The first-order valence-corrected chi connectivity index (χ1v) is 7.33. The second-order valence-electron chi connectivity index (χ2n) is 5.44. The number of methoxy groups -OCH3 is 1. The fraction of sp³-hybridized carbons (Fsp3) is 0.625. The van der Waals surface area contributed by atoms with Crippen molar-refractivity contribution in [1.82, 2.24) is 5.32 Å². The van der Waals surface area contributed by atoms with Crippen LogP contribution in [0.4, 0.5) is 5.69 Å². The van der Waals surface area contributed by atoms with Crippen LogP contribution in [0.15, 0.2) is 24.3 Å². The van der Waals surface area contributed by atoms with Gasteiger partial charge >= 0.3 is 0 Å². The topological polar surface area (TPSA) is 24.5 Å². The molecule has 0 bridgehead atoms. The number of hydrogen-bond acceptors (Lipinski definition) is 3. The first kappa shape index (κ1) is 14.2. The summed E-state index contributed by atoms with van der Waals surface area (Å²) >= 11 is 0. The van der Waals surface area contributed by atoms with E-state index in [-0.39, 0.29) is 0 Å². The van der Waals surface area contributed by atoms with Gasteiger partial charge in [-0.1, -0.05) is 19.4 Å². The fourth-order valence-electron chi connectivity index (χ4n) is 3.09. The van der Waals surface area contributed by atoms with Crippen molar-refractivity contribution in [1.29, 1.82) is 0 Å². The largest absolute Gasteiger partial charge is 0.497 e. The highest BCUT2D eigenvalue weighted by molar-refractivity contribution is 5.50. The fourth-order valence-corrected chi connectivity index (χ4v) is 3.09. The third-order valence-electron chi connectivity index (χ3n) is 4.13. The van der Waals surface area contributed by atoms with Crippen molar-refractivity contribution in [2.75, 3.05) is 32.1 Å². The zero-order chi connectivity index (χ0) is 13.7. The quantitative estimate of drug-likeness (QED) is 0.853. The smallest absolute Gasteiger partial charge is 0.120 e. The molecule has 0 aliphatic heterocycles. The minimum absolute atomic E-state index is 0.693. The van der Waals surface area contributed by atoms with Gasteiger partial charge in [0.25, 0.3) is 0 Å². The van der Waals surface area contributed by atoms with Gasteiger partial charge in [0.1, 0.15) is 5.75 Å². The van der Waals surface area contributed by atoms with Gasteiger partial charge in [-0.05, 0) is 37.4 Å². The molecule has 19 heavy (non-hydrogen) atoms. The molecule has 2 unspecified atom stereocenters. The molecule has 1 N–H and O–H groups in total. The maximum absolute atomic E-state index is 5.30. The lowest BCUT2D eigenvalue weighted by molar-refractivity contribution is 0.408. The molecule has 3 heteroatoms. The van der Waals surface area contributed by atoms with Gasteiger partial charge in [0.15, 0.2) is 0 Å². The van der Waals surface area contributed by atoms with E-state index in [1.54, 1.807) is 7.11 Å².